The molecule has 0 aliphatic heterocycles. The fourth-order valence-electron chi connectivity index (χ4n) is 2.10. The van der Waals surface area contributed by atoms with Gasteiger partial charge in [0.25, 0.3) is 10.0 Å². The second kappa shape index (κ2) is 5.98. The molecule has 0 unspecified atom stereocenters. The summed E-state index contributed by atoms with van der Waals surface area (Å²) >= 11 is 5.80. The molecule has 0 radical (unpaired) electrons. The van der Waals surface area contributed by atoms with Crippen molar-refractivity contribution in [3.05, 3.63) is 58.1 Å². The predicted octanol–water partition coefficient (Wildman–Crippen LogP) is 3.46. The lowest BCUT2D eigenvalue weighted by Crippen LogP contribution is -2.17. The summed E-state index contributed by atoms with van der Waals surface area (Å²) in [5.74, 6) is -1.20. The summed E-state index contributed by atoms with van der Waals surface area (Å²) in [6.07, 6.45) is 0. The number of anilines is 1. The fourth-order valence-corrected chi connectivity index (χ4v) is 3.55. The number of aromatic carboxylic acids is 1. The summed E-state index contributed by atoms with van der Waals surface area (Å²) in [5, 5.41) is 9.55. The SMILES string of the molecule is Cc1cc(C)c(NS(=O)(=O)c2cccc(Cl)c2)c(C(=O)O)c1. The summed E-state index contributed by atoms with van der Waals surface area (Å²) in [4.78, 5) is 11.3. The number of hydrogen-bond donors (Lipinski definition) is 2. The van der Waals surface area contributed by atoms with E-state index in [-0.39, 0.29) is 21.2 Å². The van der Waals surface area contributed by atoms with Crippen LogP contribution in [0.15, 0.2) is 41.3 Å². The number of carbonyl (C=O) groups is 1. The van der Waals surface area contributed by atoms with Crippen LogP contribution in [0.2, 0.25) is 5.02 Å². The average molecular weight is 340 g/mol. The molecule has 116 valence electrons. The molecule has 22 heavy (non-hydrogen) atoms. The molecule has 0 spiro atoms. The minimum atomic E-state index is -3.92. The first-order chi connectivity index (χ1) is 10.2. The van der Waals surface area contributed by atoms with Crippen molar-refractivity contribution < 1.29 is 18.3 Å². The maximum Gasteiger partial charge on any atom is 0.337 e. The Balaban J connectivity index is 2.53. The summed E-state index contributed by atoms with van der Waals surface area (Å²) in [6, 6.07) is 8.89. The van der Waals surface area contributed by atoms with Crippen LogP contribution in [0, 0.1) is 13.8 Å². The topological polar surface area (TPSA) is 83.5 Å². The zero-order chi connectivity index (χ0) is 16.5. The van der Waals surface area contributed by atoms with Crippen molar-refractivity contribution in [1.29, 1.82) is 0 Å². The predicted molar refractivity (Wildman–Crippen MR) is 85.1 cm³/mol. The highest BCUT2D eigenvalue weighted by Gasteiger charge is 2.20. The van der Waals surface area contributed by atoms with Crippen molar-refractivity contribution in [2.24, 2.45) is 0 Å². The zero-order valence-corrected chi connectivity index (χ0v) is 13.5. The van der Waals surface area contributed by atoms with E-state index < -0.39 is 16.0 Å². The highest BCUT2D eigenvalue weighted by Crippen LogP contribution is 2.26. The van der Waals surface area contributed by atoms with Crippen molar-refractivity contribution >= 4 is 33.3 Å². The van der Waals surface area contributed by atoms with E-state index in [0.29, 0.717) is 5.56 Å². The van der Waals surface area contributed by atoms with Gasteiger partial charge in [-0.1, -0.05) is 23.7 Å². The monoisotopic (exact) mass is 339 g/mol. The van der Waals surface area contributed by atoms with Crippen LogP contribution in [-0.4, -0.2) is 19.5 Å². The Hall–Kier alpha value is -2.05. The molecular formula is C15H14ClNO4S. The number of benzene rings is 2. The lowest BCUT2D eigenvalue weighted by Gasteiger charge is -2.14. The molecule has 5 nitrogen and oxygen atoms in total. The first kappa shape index (κ1) is 16.3. The molecule has 7 heteroatoms. The van der Waals surface area contributed by atoms with Gasteiger partial charge < -0.3 is 5.11 Å². The molecule has 2 rings (SSSR count). The molecule has 0 saturated carbocycles. The number of sulfonamides is 1. The van der Waals surface area contributed by atoms with E-state index in [1.165, 1.54) is 24.3 Å². The number of halogens is 1. The lowest BCUT2D eigenvalue weighted by molar-refractivity contribution is 0.0698. The van der Waals surface area contributed by atoms with Crippen molar-refractivity contribution in [3.63, 3.8) is 0 Å². The van der Waals surface area contributed by atoms with Gasteiger partial charge >= 0.3 is 5.97 Å². The Morgan fingerprint density at radius 1 is 1.18 bits per heavy atom. The molecule has 0 saturated heterocycles. The van der Waals surface area contributed by atoms with E-state index in [9.17, 15) is 18.3 Å². The molecule has 0 aliphatic carbocycles. The van der Waals surface area contributed by atoms with Crippen LogP contribution in [0.5, 0.6) is 0 Å². The van der Waals surface area contributed by atoms with E-state index in [0.717, 1.165) is 5.56 Å². The van der Waals surface area contributed by atoms with Gasteiger partial charge in [-0.2, -0.15) is 0 Å². The van der Waals surface area contributed by atoms with E-state index in [1.807, 2.05) is 0 Å². The smallest absolute Gasteiger partial charge is 0.337 e. The first-order valence-corrected chi connectivity index (χ1v) is 8.20. The molecule has 0 atom stereocenters. The van der Waals surface area contributed by atoms with Gasteiger partial charge in [-0.25, -0.2) is 13.2 Å². The number of carboxylic acid groups (broad SMARTS) is 1. The molecular weight excluding hydrogens is 326 g/mol. The fraction of sp³-hybridized carbons (Fsp3) is 0.133. The number of hydrogen-bond acceptors (Lipinski definition) is 3. The highest BCUT2D eigenvalue weighted by molar-refractivity contribution is 7.92. The lowest BCUT2D eigenvalue weighted by atomic mass is 10.0. The first-order valence-electron chi connectivity index (χ1n) is 6.33. The van der Waals surface area contributed by atoms with E-state index in [2.05, 4.69) is 4.72 Å². The van der Waals surface area contributed by atoms with Gasteiger partial charge in [0.15, 0.2) is 0 Å². The maximum absolute atomic E-state index is 12.4. The summed E-state index contributed by atoms with van der Waals surface area (Å²) in [7, 11) is -3.92. The van der Waals surface area contributed by atoms with Crippen molar-refractivity contribution in [1.82, 2.24) is 0 Å². The third-order valence-corrected chi connectivity index (χ3v) is 4.64. The molecule has 2 aromatic rings. The van der Waals surface area contributed by atoms with Gasteiger partial charge in [-0.05, 0) is 49.2 Å². The molecule has 0 aliphatic rings. The number of nitrogens with one attached hydrogen (secondary N) is 1. The summed E-state index contributed by atoms with van der Waals surface area (Å²) < 4.78 is 27.1. The average Bonchev–Trinajstić information content (AvgIpc) is 2.41. The van der Waals surface area contributed by atoms with E-state index in [1.54, 1.807) is 26.0 Å². The van der Waals surface area contributed by atoms with Gasteiger partial charge in [0.2, 0.25) is 0 Å². The van der Waals surface area contributed by atoms with Crippen molar-refractivity contribution in [2.75, 3.05) is 4.72 Å². The number of rotatable bonds is 4. The molecule has 0 bridgehead atoms. The minimum absolute atomic E-state index is 0.0312. The van der Waals surface area contributed by atoms with Crippen molar-refractivity contribution in [3.8, 4) is 0 Å². The number of aryl methyl sites for hydroxylation is 2. The Morgan fingerprint density at radius 2 is 1.86 bits per heavy atom. The van der Waals surface area contributed by atoms with Crippen LogP contribution >= 0.6 is 11.6 Å². The molecule has 0 fully saturated rings. The Morgan fingerprint density at radius 3 is 2.45 bits per heavy atom. The molecule has 2 aromatic carbocycles. The summed E-state index contributed by atoms with van der Waals surface area (Å²) in [5.41, 5.74) is 1.23. The van der Waals surface area contributed by atoms with Crippen LogP contribution < -0.4 is 4.72 Å². The van der Waals surface area contributed by atoms with Crippen LogP contribution in [0.1, 0.15) is 21.5 Å². The van der Waals surface area contributed by atoms with E-state index >= 15 is 0 Å². The molecule has 0 heterocycles. The van der Waals surface area contributed by atoms with Gasteiger partial charge in [-0.15, -0.1) is 0 Å². The number of carboxylic acids is 1. The Bertz CT molecular complexity index is 847. The van der Waals surface area contributed by atoms with Crippen LogP contribution in [0.25, 0.3) is 0 Å². The van der Waals surface area contributed by atoms with Gasteiger partial charge in [0.05, 0.1) is 16.1 Å². The maximum atomic E-state index is 12.4. The standard InChI is InChI=1S/C15H14ClNO4S/c1-9-6-10(2)14(13(7-9)15(18)19)17-22(20,21)12-5-3-4-11(16)8-12/h3-8,17H,1-2H3,(H,18,19). The largest absolute Gasteiger partial charge is 0.478 e. The van der Waals surface area contributed by atoms with Crippen molar-refractivity contribution in [2.45, 2.75) is 18.7 Å². The highest BCUT2D eigenvalue weighted by atomic mass is 35.5. The molecule has 0 aromatic heterocycles. The second-order valence-corrected chi connectivity index (χ2v) is 6.99. The third-order valence-electron chi connectivity index (χ3n) is 3.05. The zero-order valence-electron chi connectivity index (χ0n) is 11.9. The van der Waals surface area contributed by atoms with Gasteiger partial charge in [-0.3, -0.25) is 4.72 Å². The third kappa shape index (κ3) is 3.40. The van der Waals surface area contributed by atoms with Crippen LogP contribution in [-0.2, 0) is 10.0 Å². The summed E-state index contributed by atoms with van der Waals surface area (Å²) in [6.45, 7) is 3.39. The Kier molecular flexibility index (Phi) is 4.44. The van der Waals surface area contributed by atoms with Crippen LogP contribution in [0.4, 0.5) is 5.69 Å². The van der Waals surface area contributed by atoms with E-state index in [4.69, 9.17) is 11.6 Å². The quantitative estimate of drug-likeness (QED) is 0.893. The Labute approximate surface area is 133 Å². The normalized spacial score (nSPS) is 11.2. The molecule has 2 N–H and O–H groups in total. The minimum Gasteiger partial charge on any atom is -0.478 e. The second-order valence-electron chi connectivity index (χ2n) is 4.87. The molecule has 0 amide bonds. The van der Waals surface area contributed by atoms with Crippen LogP contribution in [0.3, 0.4) is 0 Å². The van der Waals surface area contributed by atoms with Gasteiger partial charge in [0.1, 0.15) is 0 Å². The van der Waals surface area contributed by atoms with Gasteiger partial charge in [0, 0.05) is 5.02 Å².